The standard InChI is InChI=1S/C14H19BrFNO/c1-9(2)8-17(10(3)4)14(18)11-5-6-12(15)13(16)7-11/h5-7,9-10H,8H2,1-4H3. The number of benzene rings is 1. The second-order valence-electron chi connectivity index (χ2n) is 5.07. The molecule has 0 saturated carbocycles. The van der Waals surface area contributed by atoms with Crippen LogP contribution >= 0.6 is 15.9 Å². The Balaban J connectivity index is 2.98. The SMILES string of the molecule is CC(C)CN(C(=O)c1ccc(Br)c(F)c1)C(C)C. The molecule has 18 heavy (non-hydrogen) atoms. The molecule has 1 aromatic rings. The lowest BCUT2D eigenvalue weighted by Crippen LogP contribution is -2.39. The summed E-state index contributed by atoms with van der Waals surface area (Å²) in [5.74, 6) is -0.143. The number of hydrogen-bond acceptors (Lipinski definition) is 1. The van der Waals surface area contributed by atoms with Crippen LogP contribution in [0, 0.1) is 11.7 Å². The topological polar surface area (TPSA) is 20.3 Å². The summed E-state index contributed by atoms with van der Waals surface area (Å²) in [6, 6.07) is 4.59. The first-order valence-corrected chi connectivity index (χ1v) is 6.88. The van der Waals surface area contributed by atoms with Gasteiger partial charge in [0.05, 0.1) is 4.47 Å². The van der Waals surface area contributed by atoms with Crippen LogP contribution in [0.15, 0.2) is 22.7 Å². The Bertz CT molecular complexity index is 432. The lowest BCUT2D eigenvalue weighted by atomic mass is 10.1. The first-order chi connectivity index (χ1) is 8.32. The second-order valence-corrected chi connectivity index (χ2v) is 5.93. The Kier molecular flexibility index (Phi) is 5.32. The van der Waals surface area contributed by atoms with Gasteiger partial charge in [0, 0.05) is 18.2 Å². The van der Waals surface area contributed by atoms with Gasteiger partial charge >= 0.3 is 0 Å². The molecule has 0 heterocycles. The van der Waals surface area contributed by atoms with Crippen LogP contribution in [-0.4, -0.2) is 23.4 Å². The molecule has 0 bridgehead atoms. The summed E-state index contributed by atoms with van der Waals surface area (Å²) in [4.78, 5) is 14.1. The zero-order valence-electron chi connectivity index (χ0n) is 11.2. The quantitative estimate of drug-likeness (QED) is 0.819. The highest BCUT2D eigenvalue weighted by molar-refractivity contribution is 9.10. The Morgan fingerprint density at radius 3 is 2.39 bits per heavy atom. The van der Waals surface area contributed by atoms with Crippen molar-refractivity contribution in [3.8, 4) is 0 Å². The van der Waals surface area contributed by atoms with Crippen LogP contribution in [0.3, 0.4) is 0 Å². The van der Waals surface area contributed by atoms with Gasteiger partial charge in [-0.2, -0.15) is 0 Å². The third-order valence-corrected chi connectivity index (χ3v) is 3.26. The normalized spacial score (nSPS) is 11.1. The predicted molar refractivity (Wildman–Crippen MR) is 75.1 cm³/mol. The van der Waals surface area contributed by atoms with Gasteiger partial charge in [0.15, 0.2) is 0 Å². The van der Waals surface area contributed by atoms with E-state index in [1.807, 2.05) is 13.8 Å². The second kappa shape index (κ2) is 6.32. The molecule has 0 saturated heterocycles. The molecule has 0 N–H and O–H groups in total. The van der Waals surface area contributed by atoms with Gasteiger partial charge < -0.3 is 4.90 Å². The van der Waals surface area contributed by atoms with Gasteiger partial charge in [-0.3, -0.25) is 4.79 Å². The zero-order valence-corrected chi connectivity index (χ0v) is 12.8. The van der Waals surface area contributed by atoms with Crippen LogP contribution in [0.4, 0.5) is 4.39 Å². The van der Waals surface area contributed by atoms with Crippen molar-refractivity contribution in [1.82, 2.24) is 4.90 Å². The molecule has 4 heteroatoms. The maximum atomic E-state index is 13.4. The monoisotopic (exact) mass is 315 g/mol. The van der Waals surface area contributed by atoms with Gasteiger partial charge in [-0.05, 0) is 53.9 Å². The summed E-state index contributed by atoms with van der Waals surface area (Å²) in [5.41, 5.74) is 0.394. The molecule has 0 spiro atoms. The van der Waals surface area contributed by atoms with Crippen LogP contribution in [-0.2, 0) is 0 Å². The fourth-order valence-corrected chi connectivity index (χ4v) is 1.96. The van der Waals surface area contributed by atoms with Crippen molar-refractivity contribution >= 4 is 21.8 Å². The summed E-state index contributed by atoms with van der Waals surface area (Å²) in [7, 11) is 0. The highest BCUT2D eigenvalue weighted by Gasteiger charge is 2.20. The van der Waals surface area contributed by atoms with Gasteiger partial charge in [-0.25, -0.2) is 4.39 Å². The molecule has 0 aromatic heterocycles. The first-order valence-electron chi connectivity index (χ1n) is 6.09. The van der Waals surface area contributed by atoms with Crippen molar-refractivity contribution in [3.05, 3.63) is 34.1 Å². The Labute approximate surface area is 116 Å². The van der Waals surface area contributed by atoms with Crippen molar-refractivity contribution in [2.24, 2.45) is 5.92 Å². The van der Waals surface area contributed by atoms with E-state index >= 15 is 0 Å². The van der Waals surface area contributed by atoms with E-state index in [0.717, 1.165) is 0 Å². The summed E-state index contributed by atoms with van der Waals surface area (Å²) in [6.07, 6.45) is 0. The minimum atomic E-state index is -0.408. The summed E-state index contributed by atoms with van der Waals surface area (Å²) < 4.78 is 13.8. The van der Waals surface area contributed by atoms with Crippen molar-refractivity contribution in [2.45, 2.75) is 33.7 Å². The zero-order chi connectivity index (χ0) is 13.9. The van der Waals surface area contributed by atoms with Gasteiger partial charge in [-0.1, -0.05) is 13.8 Å². The maximum Gasteiger partial charge on any atom is 0.254 e. The molecule has 1 aromatic carbocycles. The van der Waals surface area contributed by atoms with Crippen molar-refractivity contribution in [2.75, 3.05) is 6.54 Å². The Morgan fingerprint density at radius 1 is 1.33 bits per heavy atom. The highest BCUT2D eigenvalue weighted by atomic mass is 79.9. The fraction of sp³-hybridized carbons (Fsp3) is 0.500. The summed E-state index contributed by atoms with van der Waals surface area (Å²) >= 11 is 3.08. The maximum absolute atomic E-state index is 13.4. The predicted octanol–water partition coefficient (Wildman–Crippen LogP) is 4.09. The summed E-state index contributed by atoms with van der Waals surface area (Å²) in [6.45, 7) is 8.73. The number of amides is 1. The number of hydrogen-bond donors (Lipinski definition) is 0. The molecule has 0 aliphatic rings. The molecule has 2 nitrogen and oxygen atoms in total. The number of rotatable bonds is 4. The molecule has 1 rings (SSSR count). The molecule has 0 atom stereocenters. The van der Waals surface area contributed by atoms with E-state index in [2.05, 4.69) is 29.8 Å². The number of carbonyl (C=O) groups is 1. The molecule has 0 aliphatic heterocycles. The molecule has 0 radical (unpaired) electrons. The number of carbonyl (C=O) groups excluding carboxylic acids is 1. The van der Waals surface area contributed by atoms with Crippen molar-refractivity contribution in [1.29, 1.82) is 0 Å². The smallest absolute Gasteiger partial charge is 0.254 e. The Morgan fingerprint density at radius 2 is 1.94 bits per heavy atom. The lowest BCUT2D eigenvalue weighted by molar-refractivity contribution is 0.0681. The van der Waals surface area contributed by atoms with E-state index < -0.39 is 5.82 Å². The largest absolute Gasteiger partial charge is 0.336 e. The van der Waals surface area contributed by atoms with Crippen LogP contribution in [0.5, 0.6) is 0 Å². The molecule has 0 fully saturated rings. The van der Waals surface area contributed by atoms with Crippen LogP contribution in [0.1, 0.15) is 38.1 Å². The summed E-state index contributed by atoms with van der Waals surface area (Å²) in [5, 5.41) is 0. The van der Waals surface area contributed by atoms with E-state index in [0.29, 0.717) is 22.5 Å². The van der Waals surface area contributed by atoms with E-state index in [-0.39, 0.29) is 11.9 Å². The molecule has 0 unspecified atom stereocenters. The van der Waals surface area contributed by atoms with Crippen LogP contribution in [0.2, 0.25) is 0 Å². The van der Waals surface area contributed by atoms with E-state index in [4.69, 9.17) is 0 Å². The minimum Gasteiger partial charge on any atom is -0.336 e. The fourth-order valence-electron chi connectivity index (χ4n) is 1.72. The molecular formula is C14H19BrFNO. The third kappa shape index (κ3) is 3.80. The molecule has 0 aliphatic carbocycles. The van der Waals surface area contributed by atoms with E-state index in [1.165, 1.54) is 6.07 Å². The average Bonchev–Trinajstić information content (AvgIpc) is 2.28. The van der Waals surface area contributed by atoms with Gasteiger partial charge in [0.25, 0.3) is 5.91 Å². The van der Waals surface area contributed by atoms with Crippen molar-refractivity contribution in [3.63, 3.8) is 0 Å². The lowest BCUT2D eigenvalue weighted by Gasteiger charge is -2.28. The van der Waals surface area contributed by atoms with Crippen LogP contribution in [0.25, 0.3) is 0 Å². The molecule has 100 valence electrons. The molecule has 1 amide bonds. The van der Waals surface area contributed by atoms with E-state index in [9.17, 15) is 9.18 Å². The van der Waals surface area contributed by atoms with Gasteiger partial charge in [0.2, 0.25) is 0 Å². The van der Waals surface area contributed by atoms with Crippen LogP contribution < -0.4 is 0 Å². The third-order valence-electron chi connectivity index (χ3n) is 2.61. The average molecular weight is 316 g/mol. The van der Waals surface area contributed by atoms with Gasteiger partial charge in [-0.15, -0.1) is 0 Å². The Hall–Kier alpha value is -0.900. The van der Waals surface area contributed by atoms with Crippen molar-refractivity contribution < 1.29 is 9.18 Å². The van der Waals surface area contributed by atoms with E-state index in [1.54, 1.807) is 17.0 Å². The number of halogens is 2. The number of nitrogens with zero attached hydrogens (tertiary/aromatic N) is 1. The molecular weight excluding hydrogens is 297 g/mol. The highest BCUT2D eigenvalue weighted by Crippen LogP contribution is 2.18. The minimum absolute atomic E-state index is 0.103. The van der Waals surface area contributed by atoms with Gasteiger partial charge in [0.1, 0.15) is 5.82 Å². The first kappa shape index (κ1) is 15.2.